The van der Waals surface area contributed by atoms with Gasteiger partial charge in [-0.1, -0.05) is 30.3 Å². The van der Waals surface area contributed by atoms with Crippen LogP contribution in [0.5, 0.6) is 0 Å². The third-order valence-electron chi connectivity index (χ3n) is 3.30. The van der Waals surface area contributed by atoms with Crippen LogP contribution in [0.25, 0.3) is 11.1 Å². The maximum absolute atomic E-state index is 13.3. The topological polar surface area (TPSA) is 22.1 Å². The molecule has 1 aliphatic carbocycles. The molecule has 3 rings (SSSR count). The predicted octanol–water partition coefficient (Wildman–Crippen LogP) is 4.45. The van der Waals surface area contributed by atoms with Crippen LogP contribution in [0, 0.1) is 12.4 Å². The maximum atomic E-state index is 13.3. The fourth-order valence-corrected chi connectivity index (χ4v) is 2.26. The van der Waals surface area contributed by atoms with Crippen molar-refractivity contribution in [2.24, 2.45) is 0 Å². The van der Waals surface area contributed by atoms with E-state index in [4.69, 9.17) is 4.74 Å². The predicted molar refractivity (Wildman–Crippen MR) is 80.6 cm³/mol. The van der Waals surface area contributed by atoms with E-state index < -0.39 is 5.95 Å². The number of ether oxygens (including phenoxy) is 1. The lowest BCUT2D eigenvalue weighted by Gasteiger charge is -2.13. The first kappa shape index (κ1) is 13.6. The Morgan fingerprint density at radius 1 is 1.19 bits per heavy atom. The average molecular weight is 280 g/mol. The lowest BCUT2D eigenvalue weighted by atomic mass is 10.0. The highest BCUT2D eigenvalue weighted by Crippen LogP contribution is 2.25. The lowest BCUT2D eigenvalue weighted by molar-refractivity contribution is 0.210. The molecule has 0 saturated heterocycles. The van der Waals surface area contributed by atoms with E-state index in [1.54, 1.807) is 6.07 Å². The third-order valence-corrected chi connectivity index (χ3v) is 3.30. The molecule has 2 aromatic rings. The van der Waals surface area contributed by atoms with E-state index in [-0.39, 0.29) is 0 Å². The SMILES string of the molecule is Fc1cc(-c2ccccc2COC2=CC[CH]C=C2)ccn1. The first-order chi connectivity index (χ1) is 10.3. The first-order valence-electron chi connectivity index (χ1n) is 6.85. The molecule has 0 saturated carbocycles. The van der Waals surface area contributed by atoms with Crippen molar-refractivity contribution in [1.29, 1.82) is 0 Å². The largest absolute Gasteiger partial charge is 0.489 e. The van der Waals surface area contributed by atoms with Crippen molar-refractivity contribution >= 4 is 0 Å². The van der Waals surface area contributed by atoms with Crippen LogP contribution in [0.4, 0.5) is 4.39 Å². The van der Waals surface area contributed by atoms with Gasteiger partial charge in [-0.15, -0.1) is 0 Å². The van der Waals surface area contributed by atoms with Crippen LogP contribution in [0.2, 0.25) is 0 Å². The number of allylic oxidation sites excluding steroid dienone is 3. The zero-order valence-corrected chi connectivity index (χ0v) is 11.5. The smallest absolute Gasteiger partial charge is 0.213 e. The molecule has 3 heteroatoms. The van der Waals surface area contributed by atoms with Crippen LogP contribution in [0.3, 0.4) is 0 Å². The summed E-state index contributed by atoms with van der Waals surface area (Å²) < 4.78 is 19.1. The van der Waals surface area contributed by atoms with Crippen molar-refractivity contribution in [3.05, 3.63) is 84.5 Å². The van der Waals surface area contributed by atoms with Crippen LogP contribution in [0.15, 0.2) is 66.6 Å². The Hall–Kier alpha value is -2.42. The van der Waals surface area contributed by atoms with E-state index in [9.17, 15) is 4.39 Å². The molecule has 0 spiro atoms. The summed E-state index contributed by atoms with van der Waals surface area (Å²) in [6, 6.07) is 11.1. The summed E-state index contributed by atoms with van der Waals surface area (Å²) in [5.41, 5.74) is 2.79. The Kier molecular flexibility index (Phi) is 4.10. The van der Waals surface area contributed by atoms with Gasteiger partial charge >= 0.3 is 0 Å². The van der Waals surface area contributed by atoms with Gasteiger partial charge in [-0.2, -0.15) is 4.39 Å². The molecule has 1 aromatic heterocycles. The number of aromatic nitrogens is 1. The van der Waals surface area contributed by atoms with E-state index in [2.05, 4.69) is 11.4 Å². The molecule has 0 atom stereocenters. The fraction of sp³-hybridized carbons (Fsp3) is 0.111. The molecule has 0 aliphatic heterocycles. The second-order valence-corrected chi connectivity index (χ2v) is 4.75. The van der Waals surface area contributed by atoms with Gasteiger partial charge in [0.2, 0.25) is 5.95 Å². The quantitative estimate of drug-likeness (QED) is 0.772. The molecule has 0 amide bonds. The standard InChI is InChI=1S/C18H15FNO/c19-18-12-14(10-11-20-18)17-9-5-4-6-15(17)13-21-16-7-2-1-3-8-16/h1-2,4-12H,3,13H2. The van der Waals surface area contributed by atoms with Gasteiger partial charge in [0.15, 0.2) is 0 Å². The van der Waals surface area contributed by atoms with E-state index in [1.165, 1.54) is 12.3 Å². The Labute approximate surface area is 123 Å². The highest BCUT2D eigenvalue weighted by molar-refractivity contribution is 5.66. The molecule has 0 unspecified atom stereocenters. The maximum Gasteiger partial charge on any atom is 0.213 e. The van der Waals surface area contributed by atoms with Crippen molar-refractivity contribution in [2.45, 2.75) is 13.0 Å². The van der Waals surface area contributed by atoms with Gasteiger partial charge in [0.1, 0.15) is 12.4 Å². The molecule has 0 N–H and O–H groups in total. The molecule has 2 nitrogen and oxygen atoms in total. The monoisotopic (exact) mass is 280 g/mol. The molecular weight excluding hydrogens is 265 g/mol. The molecule has 0 fully saturated rings. The van der Waals surface area contributed by atoms with E-state index in [0.29, 0.717) is 6.61 Å². The van der Waals surface area contributed by atoms with Gasteiger partial charge in [0.25, 0.3) is 0 Å². The minimum Gasteiger partial charge on any atom is -0.489 e. The second kappa shape index (κ2) is 6.35. The number of pyridine rings is 1. The summed E-state index contributed by atoms with van der Waals surface area (Å²) in [5, 5.41) is 0. The molecule has 1 radical (unpaired) electrons. The molecule has 1 aromatic carbocycles. The highest BCUT2D eigenvalue weighted by Gasteiger charge is 2.07. The number of halogens is 1. The zero-order chi connectivity index (χ0) is 14.5. The molecule has 1 heterocycles. The number of hydrogen-bond acceptors (Lipinski definition) is 2. The highest BCUT2D eigenvalue weighted by atomic mass is 19.1. The summed E-state index contributed by atoms with van der Waals surface area (Å²) in [7, 11) is 0. The Bertz CT molecular complexity index is 691. The number of benzene rings is 1. The molecular formula is C18H15FNO. The van der Waals surface area contributed by atoms with E-state index in [1.807, 2.05) is 42.5 Å². The van der Waals surface area contributed by atoms with Crippen molar-refractivity contribution in [3.8, 4) is 11.1 Å². The normalized spacial score (nSPS) is 13.9. The average Bonchev–Trinajstić information content (AvgIpc) is 2.54. The summed E-state index contributed by atoms with van der Waals surface area (Å²) in [6.07, 6.45) is 10.4. The number of rotatable bonds is 4. The molecule has 1 aliphatic rings. The van der Waals surface area contributed by atoms with Crippen LogP contribution >= 0.6 is 0 Å². The molecule has 0 bridgehead atoms. The van der Waals surface area contributed by atoms with Gasteiger partial charge in [-0.3, -0.25) is 0 Å². The molecule has 105 valence electrons. The number of hydrogen-bond donors (Lipinski definition) is 0. The Balaban J connectivity index is 1.82. The van der Waals surface area contributed by atoms with Gasteiger partial charge in [0, 0.05) is 12.3 Å². The van der Waals surface area contributed by atoms with E-state index in [0.717, 1.165) is 28.9 Å². The zero-order valence-electron chi connectivity index (χ0n) is 11.5. The summed E-state index contributed by atoms with van der Waals surface area (Å²) >= 11 is 0. The minimum absolute atomic E-state index is 0.455. The van der Waals surface area contributed by atoms with Crippen molar-refractivity contribution in [3.63, 3.8) is 0 Å². The summed E-state index contributed by atoms with van der Waals surface area (Å²) in [5.74, 6) is 0.393. The first-order valence-corrected chi connectivity index (χ1v) is 6.85. The van der Waals surface area contributed by atoms with Crippen LogP contribution < -0.4 is 0 Å². The van der Waals surface area contributed by atoms with Crippen LogP contribution in [-0.4, -0.2) is 4.98 Å². The van der Waals surface area contributed by atoms with Crippen LogP contribution in [-0.2, 0) is 11.3 Å². The second-order valence-electron chi connectivity index (χ2n) is 4.75. The summed E-state index contributed by atoms with van der Waals surface area (Å²) in [4.78, 5) is 3.59. The van der Waals surface area contributed by atoms with Gasteiger partial charge in [-0.25, -0.2) is 4.98 Å². The van der Waals surface area contributed by atoms with E-state index >= 15 is 0 Å². The van der Waals surface area contributed by atoms with Crippen LogP contribution in [0.1, 0.15) is 12.0 Å². The molecule has 21 heavy (non-hydrogen) atoms. The van der Waals surface area contributed by atoms with Crippen molar-refractivity contribution in [2.75, 3.05) is 0 Å². The van der Waals surface area contributed by atoms with Crippen molar-refractivity contribution < 1.29 is 9.13 Å². The van der Waals surface area contributed by atoms with Gasteiger partial charge in [0.05, 0.1) is 0 Å². The fourth-order valence-electron chi connectivity index (χ4n) is 2.26. The lowest BCUT2D eigenvalue weighted by Crippen LogP contribution is -1.97. The van der Waals surface area contributed by atoms with Crippen molar-refractivity contribution in [1.82, 2.24) is 4.98 Å². The Morgan fingerprint density at radius 2 is 2.10 bits per heavy atom. The van der Waals surface area contributed by atoms with Gasteiger partial charge in [-0.05, 0) is 47.8 Å². The third kappa shape index (κ3) is 3.37. The minimum atomic E-state index is -0.475. The van der Waals surface area contributed by atoms with Gasteiger partial charge < -0.3 is 4.74 Å². The summed E-state index contributed by atoms with van der Waals surface area (Å²) in [6.45, 7) is 0.455. The number of nitrogens with zero attached hydrogens (tertiary/aromatic N) is 1. The Morgan fingerprint density at radius 3 is 2.90 bits per heavy atom.